The van der Waals surface area contributed by atoms with E-state index in [0.29, 0.717) is 44.8 Å². The summed E-state index contributed by atoms with van der Waals surface area (Å²) in [4.78, 5) is 30.0. The van der Waals surface area contributed by atoms with Crippen LogP contribution < -0.4 is 16.0 Å². The number of benzene rings is 2. The van der Waals surface area contributed by atoms with Gasteiger partial charge in [-0.15, -0.1) is 0 Å². The maximum Gasteiger partial charge on any atom is 0.267 e. The van der Waals surface area contributed by atoms with Crippen LogP contribution in [-0.4, -0.2) is 34.1 Å². The molecule has 1 aliphatic carbocycles. The van der Waals surface area contributed by atoms with E-state index in [1.165, 1.54) is 17.5 Å². The van der Waals surface area contributed by atoms with Crippen LogP contribution >= 0.6 is 22.9 Å². The van der Waals surface area contributed by atoms with Crippen molar-refractivity contribution in [2.75, 3.05) is 10.6 Å². The summed E-state index contributed by atoms with van der Waals surface area (Å²) < 4.78 is 0. The zero-order chi connectivity index (χ0) is 23.4. The van der Waals surface area contributed by atoms with E-state index in [0.717, 1.165) is 18.4 Å². The molecule has 0 aliphatic heterocycles. The number of aliphatic hydroxyl groups is 1. The fourth-order valence-electron chi connectivity index (χ4n) is 3.75. The van der Waals surface area contributed by atoms with Crippen molar-refractivity contribution in [3.8, 4) is 0 Å². The minimum atomic E-state index is -0.289. The maximum atomic E-state index is 12.6. The minimum Gasteiger partial charge on any atom is -0.393 e. The second-order valence-corrected chi connectivity index (χ2v) is 9.54. The molecular formula is C24H25ClN4O3S. The van der Waals surface area contributed by atoms with Crippen molar-refractivity contribution in [2.24, 2.45) is 0 Å². The number of nitrogens with zero attached hydrogens (tertiary/aromatic N) is 1. The Hall–Kier alpha value is -2.94. The van der Waals surface area contributed by atoms with Crippen molar-refractivity contribution in [3.05, 3.63) is 69.7 Å². The van der Waals surface area contributed by atoms with Crippen LogP contribution in [-0.2, 0) is 0 Å². The molecule has 1 heterocycles. The number of thiazole rings is 1. The summed E-state index contributed by atoms with van der Waals surface area (Å²) in [5.74, 6) is -0.433. The lowest BCUT2D eigenvalue weighted by atomic mass is 9.93. The van der Waals surface area contributed by atoms with Crippen LogP contribution in [0.15, 0.2) is 48.7 Å². The molecule has 9 heteroatoms. The van der Waals surface area contributed by atoms with Crippen molar-refractivity contribution < 1.29 is 14.7 Å². The number of aromatic nitrogens is 1. The van der Waals surface area contributed by atoms with E-state index in [2.05, 4.69) is 20.9 Å². The predicted octanol–water partition coefficient (Wildman–Crippen LogP) is 5.13. The topological polar surface area (TPSA) is 103 Å². The monoisotopic (exact) mass is 484 g/mol. The molecule has 0 atom stereocenters. The molecule has 1 saturated carbocycles. The van der Waals surface area contributed by atoms with E-state index in [9.17, 15) is 14.7 Å². The number of aryl methyl sites for hydroxylation is 1. The van der Waals surface area contributed by atoms with Gasteiger partial charge in [-0.25, -0.2) is 4.98 Å². The van der Waals surface area contributed by atoms with Crippen LogP contribution in [0.1, 0.15) is 51.3 Å². The number of hydrogen-bond donors (Lipinski definition) is 4. The van der Waals surface area contributed by atoms with Gasteiger partial charge >= 0.3 is 0 Å². The number of carbonyl (C=O) groups excluding carboxylic acids is 2. The third kappa shape index (κ3) is 5.90. The summed E-state index contributed by atoms with van der Waals surface area (Å²) in [6.07, 6.45) is 4.23. The molecule has 0 radical (unpaired) electrons. The molecule has 1 fully saturated rings. The van der Waals surface area contributed by atoms with Gasteiger partial charge in [0.15, 0.2) is 5.13 Å². The number of hydrogen-bond acceptors (Lipinski definition) is 6. The molecule has 2 amide bonds. The van der Waals surface area contributed by atoms with Crippen LogP contribution in [0, 0.1) is 6.92 Å². The second-order valence-electron chi connectivity index (χ2n) is 8.10. The molecular weight excluding hydrogens is 460 g/mol. The normalized spacial score (nSPS) is 17.9. The fraction of sp³-hybridized carbons (Fsp3) is 0.292. The lowest BCUT2D eigenvalue weighted by Crippen LogP contribution is -2.38. The van der Waals surface area contributed by atoms with Crippen LogP contribution in [0.3, 0.4) is 0 Å². The summed E-state index contributed by atoms with van der Waals surface area (Å²) >= 11 is 7.41. The van der Waals surface area contributed by atoms with Gasteiger partial charge in [0, 0.05) is 17.3 Å². The number of carbonyl (C=O) groups is 2. The van der Waals surface area contributed by atoms with Gasteiger partial charge in [-0.05, 0) is 62.4 Å². The number of amides is 2. The Balaban J connectivity index is 1.39. The SMILES string of the molecule is Cc1cccc(Cl)c1NC(=O)c1cnc(Nc2cccc(C(=O)N[C@H]3CC[C@H](O)CC3)c2)s1. The highest BCUT2D eigenvalue weighted by Crippen LogP contribution is 2.28. The first-order chi connectivity index (χ1) is 15.9. The third-order valence-electron chi connectivity index (χ3n) is 5.60. The van der Waals surface area contributed by atoms with Crippen molar-refractivity contribution >= 4 is 51.3 Å². The standard InChI is InChI=1S/C24H25ClN4O3S/c1-14-4-2-7-19(25)21(14)29-23(32)20-13-26-24(33-20)28-17-6-3-5-15(12-17)22(31)27-16-8-10-18(30)11-9-16/h2-7,12-13,16,18,30H,8-11H2,1H3,(H,26,28)(H,27,31)(H,29,32)/t16-,18-. The van der Waals surface area contributed by atoms with E-state index in [-0.39, 0.29) is 24.0 Å². The number of para-hydroxylation sites is 1. The highest BCUT2D eigenvalue weighted by Gasteiger charge is 2.21. The second kappa shape index (κ2) is 10.3. The molecule has 33 heavy (non-hydrogen) atoms. The lowest BCUT2D eigenvalue weighted by Gasteiger charge is -2.26. The van der Waals surface area contributed by atoms with E-state index in [1.807, 2.05) is 25.1 Å². The van der Waals surface area contributed by atoms with Crippen LogP contribution in [0.2, 0.25) is 5.02 Å². The van der Waals surface area contributed by atoms with Crippen molar-refractivity contribution in [1.29, 1.82) is 0 Å². The molecule has 1 aromatic heterocycles. The van der Waals surface area contributed by atoms with Crippen molar-refractivity contribution in [1.82, 2.24) is 10.3 Å². The molecule has 1 aliphatic rings. The Morgan fingerprint density at radius 1 is 1.09 bits per heavy atom. The molecule has 0 spiro atoms. The number of aliphatic hydroxyl groups excluding tert-OH is 1. The number of rotatable bonds is 6. The molecule has 3 aromatic rings. The summed E-state index contributed by atoms with van der Waals surface area (Å²) in [5.41, 5.74) is 2.69. The first kappa shape index (κ1) is 23.2. The average Bonchev–Trinajstić information content (AvgIpc) is 3.26. The highest BCUT2D eigenvalue weighted by molar-refractivity contribution is 7.17. The number of anilines is 3. The van der Waals surface area contributed by atoms with E-state index < -0.39 is 0 Å². The first-order valence-electron chi connectivity index (χ1n) is 10.8. The lowest BCUT2D eigenvalue weighted by molar-refractivity contribution is 0.0867. The van der Waals surface area contributed by atoms with Crippen LogP contribution in [0.4, 0.5) is 16.5 Å². The summed E-state index contributed by atoms with van der Waals surface area (Å²) in [6, 6.07) is 12.7. The zero-order valence-corrected chi connectivity index (χ0v) is 19.7. The molecule has 7 nitrogen and oxygen atoms in total. The van der Waals surface area contributed by atoms with Gasteiger partial charge in [-0.3, -0.25) is 9.59 Å². The van der Waals surface area contributed by atoms with E-state index >= 15 is 0 Å². The van der Waals surface area contributed by atoms with E-state index in [4.69, 9.17) is 11.6 Å². The average molecular weight is 485 g/mol. The van der Waals surface area contributed by atoms with Gasteiger partial charge < -0.3 is 21.1 Å². The Labute approximate surface area is 201 Å². The smallest absolute Gasteiger partial charge is 0.267 e. The minimum absolute atomic E-state index is 0.0827. The Bertz CT molecular complexity index is 1140. The summed E-state index contributed by atoms with van der Waals surface area (Å²) in [5, 5.41) is 19.7. The molecule has 0 bridgehead atoms. The third-order valence-corrected chi connectivity index (χ3v) is 6.82. The van der Waals surface area contributed by atoms with Crippen LogP contribution in [0.25, 0.3) is 0 Å². The Morgan fingerprint density at radius 2 is 1.85 bits per heavy atom. The predicted molar refractivity (Wildman–Crippen MR) is 132 cm³/mol. The van der Waals surface area contributed by atoms with Gasteiger partial charge in [0.25, 0.3) is 11.8 Å². The van der Waals surface area contributed by atoms with Gasteiger partial charge in [0.2, 0.25) is 0 Å². The van der Waals surface area contributed by atoms with Crippen molar-refractivity contribution in [3.63, 3.8) is 0 Å². The molecule has 4 N–H and O–H groups in total. The van der Waals surface area contributed by atoms with Gasteiger partial charge in [0.1, 0.15) is 4.88 Å². The molecule has 2 aromatic carbocycles. The van der Waals surface area contributed by atoms with Crippen LogP contribution in [0.5, 0.6) is 0 Å². The molecule has 172 valence electrons. The van der Waals surface area contributed by atoms with Crippen molar-refractivity contribution in [2.45, 2.75) is 44.8 Å². The largest absolute Gasteiger partial charge is 0.393 e. The van der Waals surface area contributed by atoms with Gasteiger partial charge in [0.05, 0.1) is 23.0 Å². The molecule has 0 unspecified atom stereocenters. The first-order valence-corrected chi connectivity index (χ1v) is 12.0. The zero-order valence-electron chi connectivity index (χ0n) is 18.1. The quantitative estimate of drug-likeness (QED) is 0.388. The molecule has 4 rings (SSSR count). The Kier molecular flexibility index (Phi) is 7.27. The Morgan fingerprint density at radius 3 is 2.61 bits per heavy atom. The fourth-order valence-corrected chi connectivity index (χ4v) is 4.75. The highest BCUT2D eigenvalue weighted by atomic mass is 35.5. The van der Waals surface area contributed by atoms with Gasteiger partial charge in [-0.1, -0.05) is 41.1 Å². The summed E-state index contributed by atoms with van der Waals surface area (Å²) in [7, 11) is 0. The van der Waals surface area contributed by atoms with Gasteiger partial charge in [-0.2, -0.15) is 0 Å². The summed E-state index contributed by atoms with van der Waals surface area (Å²) in [6.45, 7) is 1.88. The maximum absolute atomic E-state index is 12.6. The number of nitrogens with one attached hydrogen (secondary N) is 3. The van der Waals surface area contributed by atoms with E-state index in [1.54, 1.807) is 24.3 Å². The number of halogens is 1. The molecule has 0 saturated heterocycles.